The van der Waals surface area contributed by atoms with Crippen molar-refractivity contribution in [2.45, 2.75) is 33.0 Å². The van der Waals surface area contributed by atoms with Gasteiger partial charge in [-0.2, -0.15) is 0 Å². The predicted molar refractivity (Wildman–Crippen MR) is 86.4 cm³/mol. The Bertz CT molecular complexity index is 758. The largest absolute Gasteiger partial charge is 0.479 e. The summed E-state index contributed by atoms with van der Waals surface area (Å²) in [4.78, 5) is 26.1. The number of fused-ring (bicyclic) bond motifs is 1. The second-order valence-electron chi connectivity index (χ2n) is 5.46. The Morgan fingerprint density at radius 2 is 2.17 bits per heavy atom. The van der Waals surface area contributed by atoms with E-state index in [2.05, 4.69) is 15.5 Å². The maximum atomic E-state index is 12.4. The molecule has 2 heterocycles. The van der Waals surface area contributed by atoms with Crippen LogP contribution in [0.3, 0.4) is 0 Å². The average Bonchev–Trinajstić information content (AvgIpc) is 3.04. The van der Waals surface area contributed by atoms with E-state index in [9.17, 15) is 9.59 Å². The smallest absolute Gasteiger partial charge is 0.268 e. The van der Waals surface area contributed by atoms with Crippen molar-refractivity contribution in [3.63, 3.8) is 0 Å². The van der Waals surface area contributed by atoms with Crippen molar-refractivity contribution < 1.29 is 14.3 Å². The number of aromatic nitrogens is 3. The summed E-state index contributed by atoms with van der Waals surface area (Å²) in [5, 5.41) is 10.6. The quantitative estimate of drug-likeness (QED) is 0.873. The van der Waals surface area contributed by atoms with E-state index >= 15 is 0 Å². The van der Waals surface area contributed by atoms with Crippen LogP contribution >= 0.6 is 0 Å². The van der Waals surface area contributed by atoms with Crippen molar-refractivity contribution in [1.29, 1.82) is 0 Å². The van der Waals surface area contributed by atoms with E-state index in [0.29, 0.717) is 17.3 Å². The highest BCUT2D eigenvalue weighted by atomic mass is 16.5. The molecule has 1 unspecified atom stereocenters. The van der Waals surface area contributed by atoms with Crippen molar-refractivity contribution in [3.8, 4) is 5.75 Å². The van der Waals surface area contributed by atoms with Crippen LogP contribution < -0.4 is 15.0 Å². The third kappa shape index (κ3) is 3.08. The highest BCUT2D eigenvalue weighted by Gasteiger charge is 2.32. The number of amides is 2. The Labute approximate surface area is 139 Å². The molecule has 8 nitrogen and oxygen atoms in total. The Morgan fingerprint density at radius 3 is 2.96 bits per heavy atom. The van der Waals surface area contributed by atoms with Crippen LogP contribution in [0.2, 0.25) is 0 Å². The zero-order valence-electron chi connectivity index (χ0n) is 13.6. The van der Waals surface area contributed by atoms with Gasteiger partial charge >= 0.3 is 0 Å². The van der Waals surface area contributed by atoms with Crippen LogP contribution in [0.15, 0.2) is 30.6 Å². The number of nitrogens with one attached hydrogen (secondary N) is 1. The highest BCUT2D eigenvalue weighted by molar-refractivity contribution is 6.03. The van der Waals surface area contributed by atoms with Gasteiger partial charge in [0.2, 0.25) is 5.91 Å². The van der Waals surface area contributed by atoms with Crippen molar-refractivity contribution in [2.24, 2.45) is 0 Å². The molecule has 1 atom stereocenters. The Balaban J connectivity index is 1.68. The maximum absolute atomic E-state index is 12.4. The molecule has 0 aliphatic carbocycles. The third-order valence-electron chi connectivity index (χ3n) is 3.86. The van der Waals surface area contributed by atoms with Crippen LogP contribution in [0.5, 0.6) is 5.75 Å². The molecule has 3 rings (SSSR count). The SMILES string of the molecule is CCn1cnnc1CNC(=O)CN1C(=O)C(C)Oc2ccccc21. The van der Waals surface area contributed by atoms with Crippen molar-refractivity contribution in [1.82, 2.24) is 20.1 Å². The molecule has 0 saturated heterocycles. The minimum atomic E-state index is -0.615. The van der Waals surface area contributed by atoms with E-state index in [4.69, 9.17) is 4.74 Å². The topological polar surface area (TPSA) is 89.4 Å². The lowest BCUT2D eigenvalue weighted by Gasteiger charge is -2.32. The summed E-state index contributed by atoms with van der Waals surface area (Å²) in [6, 6.07) is 7.18. The molecule has 0 spiro atoms. The number of hydrogen-bond donors (Lipinski definition) is 1. The summed E-state index contributed by atoms with van der Waals surface area (Å²) in [5.74, 6) is 0.773. The number of anilines is 1. The first-order valence-electron chi connectivity index (χ1n) is 7.80. The van der Waals surface area contributed by atoms with Crippen LogP contribution in [-0.4, -0.2) is 39.2 Å². The first-order chi connectivity index (χ1) is 11.6. The second-order valence-corrected chi connectivity index (χ2v) is 5.46. The fourth-order valence-electron chi connectivity index (χ4n) is 2.58. The van der Waals surface area contributed by atoms with Crippen molar-refractivity contribution >= 4 is 17.5 Å². The Kier molecular flexibility index (Phi) is 4.45. The Hall–Kier alpha value is -2.90. The number of rotatable bonds is 5. The van der Waals surface area contributed by atoms with Crippen molar-refractivity contribution in [3.05, 3.63) is 36.4 Å². The summed E-state index contributed by atoms with van der Waals surface area (Å²) < 4.78 is 7.41. The minimum absolute atomic E-state index is 0.0657. The molecule has 2 aromatic rings. The third-order valence-corrected chi connectivity index (χ3v) is 3.86. The number of hydrogen-bond acceptors (Lipinski definition) is 5. The molecule has 0 saturated carbocycles. The van der Waals surface area contributed by atoms with E-state index in [0.717, 1.165) is 6.54 Å². The average molecular weight is 329 g/mol. The summed E-state index contributed by atoms with van der Waals surface area (Å²) in [5.41, 5.74) is 0.604. The number of nitrogens with zero attached hydrogens (tertiary/aromatic N) is 4. The molecule has 1 aliphatic rings. The molecule has 1 aromatic heterocycles. The van der Waals surface area contributed by atoms with Crippen LogP contribution in [-0.2, 0) is 22.7 Å². The van der Waals surface area contributed by atoms with Crippen LogP contribution in [0.4, 0.5) is 5.69 Å². The summed E-state index contributed by atoms with van der Waals surface area (Å²) in [7, 11) is 0. The number of carbonyl (C=O) groups is 2. The van der Waals surface area contributed by atoms with Gasteiger partial charge in [0.15, 0.2) is 11.9 Å². The first-order valence-corrected chi connectivity index (χ1v) is 7.80. The van der Waals surface area contributed by atoms with Gasteiger partial charge in [0.1, 0.15) is 18.6 Å². The summed E-state index contributed by atoms with van der Waals surface area (Å²) in [6.45, 7) is 4.57. The molecule has 126 valence electrons. The second kappa shape index (κ2) is 6.69. The van der Waals surface area contributed by atoms with E-state index in [1.807, 2.05) is 17.6 Å². The molecule has 0 fully saturated rings. The molecule has 0 radical (unpaired) electrons. The summed E-state index contributed by atoms with van der Waals surface area (Å²) in [6.07, 6.45) is 1.00. The number of para-hydroxylation sites is 2. The Morgan fingerprint density at radius 1 is 1.38 bits per heavy atom. The van der Waals surface area contributed by atoms with Gasteiger partial charge in [0.05, 0.1) is 12.2 Å². The van der Waals surface area contributed by atoms with Gasteiger partial charge in [0, 0.05) is 6.54 Å². The minimum Gasteiger partial charge on any atom is -0.479 e. The van der Waals surface area contributed by atoms with Crippen molar-refractivity contribution in [2.75, 3.05) is 11.4 Å². The van der Waals surface area contributed by atoms with E-state index in [1.165, 1.54) is 4.90 Å². The molecule has 8 heteroatoms. The van der Waals surface area contributed by atoms with Gasteiger partial charge in [-0.3, -0.25) is 14.5 Å². The fourth-order valence-corrected chi connectivity index (χ4v) is 2.58. The normalized spacial score (nSPS) is 16.5. The van der Waals surface area contributed by atoms with E-state index in [-0.39, 0.29) is 24.9 Å². The molecule has 0 bridgehead atoms. The molecule has 1 N–H and O–H groups in total. The molecular formula is C16H19N5O3. The van der Waals surface area contributed by atoms with Gasteiger partial charge in [-0.1, -0.05) is 12.1 Å². The number of carbonyl (C=O) groups excluding carboxylic acids is 2. The molecule has 2 amide bonds. The maximum Gasteiger partial charge on any atom is 0.268 e. The standard InChI is InChI=1S/C16H19N5O3/c1-3-20-10-18-19-14(20)8-17-15(22)9-21-12-6-4-5-7-13(12)24-11(2)16(21)23/h4-7,10-11H,3,8-9H2,1-2H3,(H,17,22). The zero-order valence-corrected chi connectivity index (χ0v) is 13.6. The van der Waals surface area contributed by atoms with Gasteiger partial charge in [-0.15, -0.1) is 10.2 Å². The lowest BCUT2D eigenvalue weighted by atomic mass is 10.2. The van der Waals surface area contributed by atoms with Gasteiger partial charge in [0.25, 0.3) is 5.91 Å². The van der Waals surface area contributed by atoms with Crippen LogP contribution in [0.25, 0.3) is 0 Å². The van der Waals surface area contributed by atoms with Gasteiger partial charge in [-0.25, -0.2) is 0 Å². The highest BCUT2D eigenvalue weighted by Crippen LogP contribution is 2.33. The molecular weight excluding hydrogens is 310 g/mol. The first kappa shape index (κ1) is 16.0. The fraction of sp³-hybridized carbons (Fsp3) is 0.375. The van der Waals surface area contributed by atoms with E-state index < -0.39 is 6.10 Å². The van der Waals surface area contributed by atoms with Crippen LogP contribution in [0.1, 0.15) is 19.7 Å². The number of aryl methyl sites for hydroxylation is 1. The van der Waals surface area contributed by atoms with Crippen LogP contribution in [0, 0.1) is 0 Å². The van der Waals surface area contributed by atoms with Gasteiger partial charge < -0.3 is 14.6 Å². The lowest BCUT2D eigenvalue weighted by molar-refractivity contribution is -0.128. The van der Waals surface area contributed by atoms with Gasteiger partial charge in [-0.05, 0) is 26.0 Å². The summed E-state index contributed by atoms with van der Waals surface area (Å²) >= 11 is 0. The number of benzene rings is 1. The number of ether oxygens (including phenoxy) is 1. The molecule has 24 heavy (non-hydrogen) atoms. The molecule has 1 aliphatic heterocycles. The predicted octanol–water partition coefficient (Wildman–Crippen LogP) is 0.728. The zero-order chi connectivity index (χ0) is 17.1. The molecule has 1 aromatic carbocycles. The lowest BCUT2D eigenvalue weighted by Crippen LogP contribution is -2.48. The van der Waals surface area contributed by atoms with E-state index in [1.54, 1.807) is 31.5 Å². The monoisotopic (exact) mass is 329 g/mol.